The van der Waals surface area contributed by atoms with Crippen LogP contribution in [0.5, 0.6) is 0 Å². The Bertz CT molecular complexity index is 576. The Morgan fingerprint density at radius 2 is 1.56 bits per heavy atom. The highest BCUT2D eigenvalue weighted by molar-refractivity contribution is 8.24. The van der Waals surface area contributed by atoms with Gasteiger partial charge >= 0.3 is 0 Å². The van der Waals surface area contributed by atoms with Crippen LogP contribution in [-0.2, 0) is 0 Å². The summed E-state index contributed by atoms with van der Waals surface area (Å²) in [6, 6.07) is 13.3. The van der Waals surface area contributed by atoms with Gasteiger partial charge in [-0.25, -0.2) is 0 Å². The molecule has 0 amide bonds. The largest absolute Gasteiger partial charge is 0.290 e. The van der Waals surface area contributed by atoms with Crippen LogP contribution >= 0.6 is 10.6 Å². The van der Waals surface area contributed by atoms with Gasteiger partial charge in [0.05, 0.1) is 9.79 Å². The number of hydrogen-bond acceptors (Lipinski definition) is 2. The van der Waals surface area contributed by atoms with Crippen LogP contribution in [0.3, 0.4) is 0 Å². The fourth-order valence-corrected chi connectivity index (χ4v) is 3.97. The van der Waals surface area contributed by atoms with Crippen molar-refractivity contribution in [3.05, 3.63) is 48.0 Å². The normalized spacial score (nSPS) is 17.7. The van der Waals surface area contributed by atoms with E-state index in [-0.39, 0.29) is 0 Å². The average Bonchev–Trinajstić information content (AvgIpc) is 2.49. The van der Waals surface area contributed by atoms with Gasteiger partial charge in [0, 0.05) is 11.1 Å². The van der Waals surface area contributed by atoms with Gasteiger partial charge in [0.25, 0.3) is 0 Å². The highest BCUT2D eigenvalue weighted by atomic mass is 32.3. The molecule has 82 valence electrons. The second kappa shape index (κ2) is 3.10. The first kappa shape index (κ1) is 9.90. The van der Waals surface area contributed by atoms with Crippen LogP contribution in [-0.4, -0.2) is 9.11 Å². The summed E-state index contributed by atoms with van der Waals surface area (Å²) in [6.07, 6.45) is 0. The summed E-state index contributed by atoms with van der Waals surface area (Å²) in [5.74, 6) is 0. The first-order chi connectivity index (χ1) is 7.60. The number of rotatable bonds is 0. The van der Waals surface area contributed by atoms with E-state index in [1.807, 2.05) is 43.3 Å². The van der Waals surface area contributed by atoms with Crippen LogP contribution in [0.25, 0.3) is 11.1 Å². The van der Waals surface area contributed by atoms with Gasteiger partial charge < -0.3 is 0 Å². The van der Waals surface area contributed by atoms with Gasteiger partial charge in [0.2, 0.25) is 0 Å². The van der Waals surface area contributed by atoms with Crippen LogP contribution in [0, 0.1) is 6.92 Å². The molecule has 1 aliphatic heterocycles. The molecule has 0 spiro atoms. The maximum atomic E-state index is 10.3. The van der Waals surface area contributed by atoms with E-state index in [1.54, 1.807) is 6.07 Å². The standard InChI is InChI=1S/C13H12O2S/c1-9-6-7-11-10-4-2-3-5-12(10)16(14,15)13(11)8-9/h2-8,14-15H,1H3. The van der Waals surface area contributed by atoms with E-state index >= 15 is 0 Å². The maximum Gasteiger partial charge on any atom is 0.0718 e. The molecule has 0 aliphatic carbocycles. The topological polar surface area (TPSA) is 40.5 Å². The smallest absolute Gasteiger partial charge is 0.0718 e. The first-order valence-electron chi connectivity index (χ1n) is 5.09. The van der Waals surface area contributed by atoms with Crippen molar-refractivity contribution in [3.8, 4) is 11.1 Å². The van der Waals surface area contributed by atoms with Crippen molar-refractivity contribution in [3.63, 3.8) is 0 Å². The molecule has 2 nitrogen and oxygen atoms in total. The van der Waals surface area contributed by atoms with Crippen LogP contribution in [0.2, 0.25) is 0 Å². The lowest BCUT2D eigenvalue weighted by molar-refractivity contribution is 0.490. The molecule has 0 unspecified atom stereocenters. The fraction of sp³-hybridized carbons (Fsp3) is 0.0769. The van der Waals surface area contributed by atoms with Crippen LogP contribution in [0.4, 0.5) is 0 Å². The Balaban J connectivity index is 2.39. The molecule has 0 bridgehead atoms. The lowest BCUT2D eigenvalue weighted by Gasteiger charge is -2.28. The zero-order valence-corrected chi connectivity index (χ0v) is 9.66. The van der Waals surface area contributed by atoms with Gasteiger partial charge in [0.15, 0.2) is 0 Å². The van der Waals surface area contributed by atoms with E-state index in [2.05, 4.69) is 0 Å². The predicted molar refractivity (Wildman–Crippen MR) is 66.0 cm³/mol. The number of hydrogen-bond donors (Lipinski definition) is 2. The van der Waals surface area contributed by atoms with E-state index in [0.717, 1.165) is 16.7 Å². The van der Waals surface area contributed by atoms with E-state index < -0.39 is 10.6 Å². The van der Waals surface area contributed by atoms with Gasteiger partial charge in [0.1, 0.15) is 0 Å². The molecular weight excluding hydrogens is 220 g/mol. The molecule has 1 aliphatic rings. The average molecular weight is 232 g/mol. The molecule has 3 heteroatoms. The first-order valence-corrected chi connectivity index (χ1v) is 6.64. The van der Waals surface area contributed by atoms with Crippen LogP contribution in [0.1, 0.15) is 5.56 Å². The molecule has 0 aromatic heterocycles. The van der Waals surface area contributed by atoms with E-state index in [0.29, 0.717) is 9.79 Å². The summed E-state index contributed by atoms with van der Waals surface area (Å²) in [4.78, 5) is 1.31. The van der Waals surface area contributed by atoms with Gasteiger partial charge in [-0.2, -0.15) is 0 Å². The summed E-state index contributed by atoms with van der Waals surface area (Å²) in [5.41, 5.74) is 2.94. The van der Waals surface area contributed by atoms with Gasteiger partial charge in [-0.15, -0.1) is 10.6 Å². The van der Waals surface area contributed by atoms with Crippen molar-refractivity contribution in [2.24, 2.45) is 0 Å². The van der Waals surface area contributed by atoms with Crippen molar-refractivity contribution < 1.29 is 9.11 Å². The quantitative estimate of drug-likeness (QED) is 0.716. The molecule has 1 heterocycles. The highest BCUT2D eigenvalue weighted by Crippen LogP contribution is 2.66. The number of aryl methyl sites for hydroxylation is 1. The molecule has 3 rings (SSSR count). The molecule has 0 radical (unpaired) electrons. The second-order valence-electron chi connectivity index (χ2n) is 4.04. The third kappa shape index (κ3) is 1.16. The molecule has 0 saturated carbocycles. The molecule has 2 aromatic carbocycles. The van der Waals surface area contributed by atoms with Gasteiger partial charge in [-0.3, -0.25) is 9.11 Å². The van der Waals surface area contributed by atoms with Crippen molar-refractivity contribution >= 4 is 10.6 Å². The summed E-state index contributed by atoms with van der Waals surface area (Å²) in [5, 5.41) is 0. The SMILES string of the molecule is Cc1ccc2c(c1)S(O)(O)c1ccccc1-2. The van der Waals surface area contributed by atoms with Crippen molar-refractivity contribution in [2.75, 3.05) is 0 Å². The lowest BCUT2D eigenvalue weighted by atomic mass is 10.0. The van der Waals surface area contributed by atoms with Crippen LogP contribution in [0.15, 0.2) is 52.3 Å². The molecule has 2 N–H and O–H groups in total. The van der Waals surface area contributed by atoms with E-state index in [4.69, 9.17) is 0 Å². The number of benzene rings is 2. The molecular formula is C13H12O2S. The Labute approximate surface area is 95.9 Å². The summed E-state index contributed by atoms with van der Waals surface area (Å²) in [7, 11) is -2.79. The Kier molecular flexibility index (Phi) is 1.92. The summed E-state index contributed by atoms with van der Waals surface area (Å²) in [6.45, 7) is 1.96. The minimum Gasteiger partial charge on any atom is -0.290 e. The second-order valence-corrected chi connectivity index (χ2v) is 6.02. The third-order valence-electron chi connectivity index (χ3n) is 2.93. The highest BCUT2D eigenvalue weighted by Gasteiger charge is 2.32. The molecule has 0 atom stereocenters. The number of fused-ring (bicyclic) bond motifs is 3. The van der Waals surface area contributed by atoms with Crippen molar-refractivity contribution in [2.45, 2.75) is 16.7 Å². The third-order valence-corrected chi connectivity index (χ3v) is 4.85. The van der Waals surface area contributed by atoms with Crippen molar-refractivity contribution in [1.29, 1.82) is 0 Å². The Morgan fingerprint density at radius 3 is 2.38 bits per heavy atom. The summed E-state index contributed by atoms with van der Waals surface area (Å²) >= 11 is 0. The van der Waals surface area contributed by atoms with Gasteiger partial charge in [-0.1, -0.05) is 30.3 Å². The Morgan fingerprint density at radius 1 is 0.875 bits per heavy atom. The maximum absolute atomic E-state index is 10.3. The van der Waals surface area contributed by atoms with Gasteiger partial charge in [-0.05, 0) is 24.6 Å². The van der Waals surface area contributed by atoms with E-state index in [1.165, 1.54) is 0 Å². The molecule has 0 fully saturated rings. The predicted octanol–water partition coefficient (Wildman–Crippen LogP) is 4.14. The minimum absolute atomic E-state index is 0.649. The minimum atomic E-state index is -2.79. The molecule has 16 heavy (non-hydrogen) atoms. The van der Waals surface area contributed by atoms with E-state index in [9.17, 15) is 9.11 Å². The Hall–Kier alpha value is -1.29. The monoisotopic (exact) mass is 232 g/mol. The summed E-state index contributed by atoms with van der Waals surface area (Å²) < 4.78 is 20.5. The zero-order valence-electron chi connectivity index (χ0n) is 8.84. The molecule has 0 saturated heterocycles. The van der Waals surface area contributed by atoms with Crippen LogP contribution < -0.4 is 0 Å². The zero-order chi connectivity index (χ0) is 11.3. The van der Waals surface area contributed by atoms with Crippen molar-refractivity contribution in [1.82, 2.24) is 0 Å². The fourth-order valence-electron chi connectivity index (χ4n) is 2.14. The molecule has 2 aromatic rings. The lowest BCUT2D eigenvalue weighted by Crippen LogP contribution is -1.94.